The highest BCUT2D eigenvalue weighted by Gasteiger charge is 2.43. The molecule has 7 nitrogen and oxygen atoms in total. The van der Waals surface area contributed by atoms with Crippen molar-refractivity contribution in [2.24, 2.45) is 0 Å². The fourth-order valence-corrected chi connectivity index (χ4v) is 2.73. The summed E-state index contributed by atoms with van der Waals surface area (Å²) in [6.07, 6.45) is 0.0643. The van der Waals surface area contributed by atoms with E-state index >= 15 is 0 Å². The van der Waals surface area contributed by atoms with Crippen LogP contribution in [0.4, 0.5) is 10.5 Å². The van der Waals surface area contributed by atoms with Crippen LogP contribution in [-0.4, -0.2) is 46.3 Å². The number of hydrogen-bond acceptors (Lipinski definition) is 5. The first-order chi connectivity index (χ1) is 11.6. The smallest absolute Gasteiger partial charge is 0.410 e. The van der Waals surface area contributed by atoms with Gasteiger partial charge in [-0.3, -0.25) is 0 Å². The number of carboxylic acids is 1. The number of anilines is 1. The van der Waals surface area contributed by atoms with Crippen molar-refractivity contribution in [3.63, 3.8) is 0 Å². The minimum Gasteiger partial charge on any atom is -0.480 e. The summed E-state index contributed by atoms with van der Waals surface area (Å²) in [5.74, 6) is -0.973. The first-order valence-corrected chi connectivity index (χ1v) is 8.15. The average Bonchev–Trinajstić information content (AvgIpc) is 2.54. The van der Waals surface area contributed by atoms with Gasteiger partial charge in [-0.1, -0.05) is 6.07 Å². The molecule has 0 atom stereocenters. The molecular weight excluding hydrogens is 322 g/mol. The number of carbonyl (C=O) groups is 2. The number of amides is 1. The number of carbonyl (C=O) groups excluding carboxylic acids is 1. The quantitative estimate of drug-likeness (QED) is 0.873. The third-order valence-corrected chi connectivity index (χ3v) is 4.05. The Morgan fingerprint density at radius 1 is 1.32 bits per heavy atom. The van der Waals surface area contributed by atoms with E-state index in [-0.39, 0.29) is 25.9 Å². The number of nitriles is 1. The van der Waals surface area contributed by atoms with E-state index in [1.165, 1.54) is 4.90 Å². The van der Waals surface area contributed by atoms with E-state index in [1.807, 2.05) is 6.07 Å². The van der Waals surface area contributed by atoms with Gasteiger partial charge in [-0.05, 0) is 51.8 Å². The molecule has 0 spiro atoms. The Morgan fingerprint density at radius 3 is 2.48 bits per heavy atom. The Hall–Kier alpha value is -2.75. The van der Waals surface area contributed by atoms with Crippen LogP contribution in [0.25, 0.3) is 0 Å². The molecule has 2 rings (SSSR count). The van der Waals surface area contributed by atoms with E-state index in [0.29, 0.717) is 11.3 Å². The molecule has 1 fully saturated rings. The normalized spacial score (nSPS) is 16.6. The van der Waals surface area contributed by atoms with Gasteiger partial charge in [0, 0.05) is 18.8 Å². The number of benzene rings is 1. The molecule has 1 aliphatic heterocycles. The number of piperidine rings is 1. The summed E-state index contributed by atoms with van der Waals surface area (Å²) in [5.41, 5.74) is -0.732. The minimum atomic E-state index is -1.17. The van der Waals surface area contributed by atoms with Crippen molar-refractivity contribution >= 4 is 17.7 Å². The van der Waals surface area contributed by atoms with E-state index < -0.39 is 23.2 Å². The summed E-state index contributed by atoms with van der Waals surface area (Å²) >= 11 is 0. The molecule has 7 heteroatoms. The Labute approximate surface area is 147 Å². The molecule has 0 aliphatic carbocycles. The van der Waals surface area contributed by atoms with Crippen molar-refractivity contribution < 1.29 is 19.4 Å². The van der Waals surface area contributed by atoms with Crippen molar-refractivity contribution in [1.29, 1.82) is 5.26 Å². The van der Waals surface area contributed by atoms with Gasteiger partial charge in [-0.25, -0.2) is 9.59 Å². The van der Waals surface area contributed by atoms with E-state index in [2.05, 4.69) is 5.32 Å². The lowest BCUT2D eigenvalue weighted by atomic mass is 9.87. The molecule has 1 aromatic carbocycles. The number of ether oxygens (including phenoxy) is 1. The SMILES string of the molecule is CC(C)(C)OC(=O)N1CCC(Nc2cccc(C#N)c2)(C(=O)O)CC1. The van der Waals surface area contributed by atoms with Crippen LogP contribution >= 0.6 is 0 Å². The van der Waals surface area contributed by atoms with Gasteiger partial charge in [-0.2, -0.15) is 5.26 Å². The molecule has 134 valence electrons. The second-order valence-corrected chi connectivity index (χ2v) is 7.17. The largest absolute Gasteiger partial charge is 0.480 e. The Bertz CT molecular complexity index is 695. The fraction of sp³-hybridized carbons (Fsp3) is 0.500. The van der Waals surface area contributed by atoms with E-state index in [0.717, 1.165) is 0 Å². The lowest BCUT2D eigenvalue weighted by molar-refractivity contribution is -0.144. The van der Waals surface area contributed by atoms with E-state index in [1.54, 1.807) is 45.0 Å². The molecule has 1 saturated heterocycles. The standard InChI is InChI=1S/C18H23N3O4/c1-17(2,3)25-16(24)21-9-7-18(8-10-21,15(22)23)20-14-6-4-5-13(11-14)12-19/h4-6,11,20H,7-10H2,1-3H3,(H,22,23). The van der Waals surface area contributed by atoms with Crippen LogP contribution in [0.2, 0.25) is 0 Å². The third kappa shape index (κ3) is 4.63. The van der Waals surface area contributed by atoms with Crippen molar-refractivity contribution in [2.75, 3.05) is 18.4 Å². The molecular formula is C18H23N3O4. The first-order valence-electron chi connectivity index (χ1n) is 8.15. The molecule has 1 aliphatic rings. The molecule has 1 heterocycles. The number of likely N-dealkylation sites (tertiary alicyclic amines) is 1. The highest BCUT2D eigenvalue weighted by Crippen LogP contribution is 2.28. The van der Waals surface area contributed by atoms with Gasteiger partial charge >= 0.3 is 12.1 Å². The lowest BCUT2D eigenvalue weighted by Crippen LogP contribution is -2.55. The monoisotopic (exact) mass is 345 g/mol. The zero-order valence-electron chi connectivity index (χ0n) is 14.7. The van der Waals surface area contributed by atoms with Crippen LogP contribution in [0.15, 0.2) is 24.3 Å². The molecule has 1 aromatic rings. The first kappa shape index (κ1) is 18.6. The van der Waals surface area contributed by atoms with Crippen molar-refractivity contribution in [3.05, 3.63) is 29.8 Å². The summed E-state index contributed by atoms with van der Waals surface area (Å²) in [5, 5.41) is 21.8. The Kier molecular flexibility index (Phi) is 5.21. The highest BCUT2D eigenvalue weighted by molar-refractivity contribution is 5.83. The highest BCUT2D eigenvalue weighted by atomic mass is 16.6. The van der Waals surface area contributed by atoms with E-state index in [9.17, 15) is 14.7 Å². The van der Waals surface area contributed by atoms with Crippen LogP contribution in [0.3, 0.4) is 0 Å². The maximum absolute atomic E-state index is 12.1. The van der Waals surface area contributed by atoms with Gasteiger partial charge in [0.25, 0.3) is 0 Å². The van der Waals surface area contributed by atoms with Crippen molar-refractivity contribution in [3.8, 4) is 6.07 Å². The number of carboxylic acid groups (broad SMARTS) is 1. The summed E-state index contributed by atoms with van der Waals surface area (Å²) in [6.45, 7) is 5.94. The van der Waals surface area contributed by atoms with Gasteiger partial charge in [0.15, 0.2) is 0 Å². The summed E-state index contributed by atoms with van der Waals surface area (Å²) in [7, 11) is 0. The topological polar surface area (TPSA) is 103 Å². The Balaban J connectivity index is 2.09. The van der Waals surface area contributed by atoms with Crippen LogP contribution in [0.5, 0.6) is 0 Å². The molecule has 25 heavy (non-hydrogen) atoms. The Morgan fingerprint density at radius 2 is 1.96 bits per heavy atom. The van der Waals surface area contributed by atoms with Crippen molar-refractivity contribution in [1.82, 2.24) is 4.90 Å². The zero-order valence-corrected chi connectivity index (χ0v) is 14.7. The van der Waals surface area contributed by atoms with Gasteiger partial charge in [0.05, 0.1) is 11.6 Å². The minimum absolute atomic E-state index is 0.248. The van der Waals surface area contributed by atoms with E-state index in [4.69, 9.17) is 10.00 Å². The molecule has 0 saturated carbocycles. The maximum atomic E-state index is 12.1. The number of aliphatic carboxylic acids is 1. The fourth-order valence-electron chi connectivity index (χ4n) is 2.73. The molecule has 1 amide bonds. The summed E-state index contributed by atoms with van der Waals surface area (Å²) in [4.78, 5) is 25.5. The van der Waals surface area contributed by atoms with Crippen LogP contribution in [0.1, 0.15) is 39.2 Å². The van der Waals surface area contributed by atoms with Crippen molar-refractivity contribution in [2.45, 2.75) is 44.8 Å². The van der Waals surface area contributed by atoms with Crippen LogP contribution < -0.4 is 5.32 Å². The summed E-state index contributed by atoms with van der Waals surface area (Å²) < 4.78 is 5.34. The number of nitrogens with one attached hydrogen (secondary N) is 1. The molecule has 0 unspecified atom stereocenters. The van der Waals surface area contributed by atoms with Gasteiger partial charge < -0.3 is 20.1 Å². The molecule has 0 bridgehead atoms. The van der Waals surface area contributed by atoms with Gasteiger partial charge in [-0.15, -0.1) is 0 Å². The predicted octanol–water partition coefficient (Wildman–Crippen LogP) is 2.82. The van der Waals surface area contributed by atoms with Gasteiger partial charge in [0.2, 0.25) is 0 Å². The third-order valence-electron chi connectivity index (χ3n) is 4.05. The number of nitrogens with zero attached hydrogens (tertiary/aromatic N) is 2. The van der Waals surface area contributed by atoms with Gasteiger partial charge in [0.1, 0.15) is 11.1 Å². The average molecular weight is 345 g/mol. The zero-order chi connectivity index (χ0) is 18.7. The summed E-state index contributed by atoms with van der Waals surface area (Å²) in [6, 6.07) is 8.73. The maximum Gasteiger partial charge on any atom is 0.410 e. The second-order valence-electron chi connectivity index (χ2n) is 7.17. The lowest BCUT2D eigenvalue weighted by Gasteiger charge is -2.40. The molecule has 2 N–H and O–H groups in total. The molecule has 0 aromatic heterocycles. The van der Waals surface area contributed by atoms with Crippen LogP contribution in [0, 0.1) is 11.3 Å². The van der Waals surface area contributed by atoms with Crippen LogP contribution in [-0.2, 0) is 9.53 Å². The molecule has 0 radical (unpaired) electrons. The number of rotatable bonds is 3. The predicted molar refractivity (Wildman–Crippen MR) is 92.2 cm³/mol. The second kappa shape index (κ2) is 7.01. The number of hydrogen-bond donors (Lipinski definition) is 2.